The molecule has 0 bridgehead atoms. The zero-order valence-electron chi connectivity index (χ0n) is 17.8. The first-order valence-corrected chi connectivity index (χ1v) is 10.1. The molecule has 9 nitrogen and oxygen atoms in total. The zero-order chi connectivity index (χ0) is 23.7. The largest absolute Gasteiger partial charge is 0.351 e. The van der Waals surface area contributed by atoms with E-state index in [0.29, 0.717) is 22.5 Å². The van der Waals surface area contributed by atoms with E-state index in [4.69, 9.17) is 0 Å². The number of amides is 2. The first-order chi connectivity index (χ1) is 15.7. The van der Waals surface area contributed by atoms with Crippen LogP contribution in [0.25, 0.3) is 5.69 Å². The zero-order valence-corrected chi connectivity index (χ0v) is 17.8. The molecule has 0 radical (unpaired) electrons. The Morgan fingerprint density at radius 2 is 1.88 bits per heavy atom. The van der Waals surface area contributed by atoms with Gasteiger partial charge in [-0.1, -0.05) is 18.2 Å². The number of carbonyl (C=O) groups is 2. The van der Waals surface area contributed by atoms with E-state index in [-0.39, 0.29) is 12.3 Å². The van der Waals surface area contributed by atoms with Gasteiger partial charge in [0.2, 0.25) is 5.91 Å². The summed E-state index contributed by atoms with van der Waals surface area (Å²) < 4.78 is 15.3. The molecule has 0 fully saturated rings. The molecule has 0 saturated heterocycles. The minimum atomic E-state index is -0.627. The van der Waals surface area contributed by atoms with E-state index in [0.717, 1.165) is 21.0 Å². The van der Waals surface area contributed by atoms with E-state index in [1.54, 1.807) is 37.3 Å². The molecule has 33 heavy (non-hydrogen) atoms. The lowest BCUT2D eigenvalue weighted by molar-refractivity contribution is -0.121. The van der Waals surface area contributed by atoms with Gasteiger partial charge in [-0.25, -0.2) is 9.18 Å². The van der Waals surface area contributed by atoms with Crippen molar-refractivity contribution in [2.75, 3.05) is 5.32 Å². The van der Waals surface area contributed by atoms with Gasteiger partial charge in [0.25, 0.3) is 11.5 Å². The van der Waals surface area contributed by atoms with Gasteiger partial charge in [0.1, 0.15) is 12.0 Å². The van der Waals surface area contributed by atoms with Gasteiger partial charge in [0.05, 0.1) is 5.69 Å². The number of hydrogen-bond acceptors (Lipinski definition) is 5. The monoisotopic (exact) mass is 449 g/mol. The van der Waals surface area contributed by atoms with E-state index in [1.165, 1.54) is 25.4 Å². The number of hydrogen-bond donors (Lipinski definition) is 2. The summed E-state index contributed by atoms with van der Waals surface area (Å²) >= 11 is 0. The van der Waals surface area contributed by atoms with Crippen LogP contribution in [-0.4, -0.2) is 26.2 Å². The van der Waals surface area contributed by atoms with E-state index in [2.05, 4.69) is 15.7 Å². The highest BCUT2D eigenvalue weighted by molar-refractivity contribution is 6.06. The molecule has 2 amide bonds. The Hall–Kier alpha value is -4.34. The molecule has 0 saturated carbocycles. The van der Waals surface area contributed by atoms with Crippen LogP contribution >= 0.6 is 0 Å². The lowest BCUT2D eigenvalue weighted by Crippen LogP contribution is -2.38. The molecule has 0 spiro atoms. The third kappa shape index (κ3) is 4.36. The second-order valence-corrected chi connectivity index (χ2v) is 7.67. The maximum Gasteiger partial charge on any atom is 0.351 e. The minimum Gasteiger partial charge on any atom is -0.332 e. The summed E-state index contributed by atoms with van der Waals surface area (Å²) in [5.41, 5.74) is 1.30. The summed E-state index contributed by atoms with van der Waals surface area (Å²) in [6.07, 6.45) is 2.43. The molecule has 0 aliphatic carbocycles. The SMILES string of the molecule is Cc1ccc(-n2ncc(=O)n(C)c2=O)cc1NC(=O)C1=CNC(=O)C[C@H]1c1ccc(F)cc1. The predicted octanol–water partition coefficient (Wildman–Crippen LogP) is 1.50. The summed E-state index contributed by atoms with van der Waals surface area (Å²) in [7, 11) is 1.35. The number of aromatic nitrogens is 3. The van der Waals surface area contributed by atoms with Crippen LogP contribution < -0.4 is 21.9 Å². The molecule has 0 unspecified atom stereocenters. The lowest BCUT2D eigenvalue weighted by Gasteiger charge is -2.24. The molecular weight excluding hydrogens is 429 g/mol. The average molecular weight is 449 g/mol. The van der Waals surface area contributed by atoms with Crippen LogP contribution in [0.3, 0.4) is 0 Å². The molecule has 1 atom stereocenters. The van der Waals surface area contributed by atoms with Gasteiger partial charge < -0.3 is 10.6 Å². The van der Waals surface area contributed by atoms with Crippen molar-refractivity contribution in [2.24, 2.45) is 7.05 Å². The number of nitrogens with one attached hydrogen (secondary N) is 2. The first kappa shape index (κ1) is 21.9. The maximum atomic E-state index is 13.4. The second-order valence-electron chi connectivity index (χ2n) is 7.67. The molecule has 2 N–H and O–H groups in total. The molecule has 10 heteroatoms. The van der Waals surface area contributed by atoms with Gasteiger partial charge in [-0.05, 0) is 42.3 Å². The third-order valence-electron chi connectivity index (χ3n) is 5.48. The van der Waals surface area contributed by atoms with Crippen LogP contribution in [0.2, 0.25) is 0 Å². The Morgan fingerprint density at radius 3 is 2.61 bits per heavy atom. The molecule has 2 heterocycles. The first-order valence-electron chi connectivity index (χ1n) is 10.1. The normalized spacial score (nSPS) is 15.5. The summed E-state index contributed by atoms with van der Waals surface area (Å²) in [6.45, 7) is 1.78. The molecule has 1 aromatic heterocycles. The molecule has 1 aliphatic rings. The van der Waals surface area contributed by atoms with E-state index >= 15 is 0 Å². The molecule has 3 aromatic rings. The van der Waals surface area contributed by atoms with Crippen molar-refractivity contribution in [3.63, 3.8) is 0 Å². The fraction of sp³-hybridized carbons (Fsp3) is 0.174. The maximum absolute atomic E-state index is 13.4. The van der Waals surface area contributed by atoms with Crippen LogP contribution in [-0.2, 0) is 16.6 Å². The van der Waals surface area contributed by atoms with Gasteiger partial charge in [0, 0.05) is 36.8 Å². The number of anilines is 1. The number of halogens is 1. The number of aryl methyl sites for hydroxylation is 1. The van der Waals surface area contributed by atoms with E-state index < -0.39 is 28.9 Å². The van der Waals surface area contributed by atoms with Gasteiger partial charge in [-0.15, -0.1) is 0 Å². The highest BCUT2D eigenvalue weighted by Crippen LogP contribution is 2.31. The van der Waals surface area contributed by atoms with Crippen LogP contribution in [0.4, 0.5) is 10.1 Å². The Labute approximate surface area is 187 Å². The number of rotatable bonds is 4. The Kier molecular flexibility index (Phi) is 5.74. The third-order valence-corrected chi connectivity index (χ3v) is 5.48. The van der Waals surface area contributed by atoms with Gasteiger partial charge in [0.15, 0.2) is 0 Å². The fourth-order valence-electron chi connectivity index (χ4n) is 3.56. The van der Waals surface area contributed by atoms with Gasteiger partial charge in [-0.3, -0.25) is 19.0 Å². The van der Waals surface area contributed by atoms with Crippen LogP contribution in [0.5, 0.6) is 0 Å². The lowest BCUT2D eigenvalue weighted by atomic mass is 9.86. The Bertz CT molecular complexity index is 1410. The summed E-state index contributed by atoms with van der Waals surface area (Å²) in [6, 6.07) is 10.6. The summed E-state index contributed by atoms with van der Waals surface area (Å²) in [4.78, 5) is 49.1. The van der Waals surface area contributed by atoms with Crippen molar-refractivity contribution in [1.29, 1.82) is 0 Å². The Balaban J connectivity index is 1.66. The van der Waals surface area contributed by atoms with Crippen LogP contribution in [0, 0.1) is 12.7 Å². The number of benzene rings is 2. The molecule has 1 aliphatic heterocycles. The topological polar surface area (TPSA) is 115 Å². The number of nitrogens with zero attached hydrogens (tertiary/aromatic N) is 3. The quantitative estimate of drug-likeness (QED) is 0.627. The van der Waals surface area contributed by atoms with Crippen molar-refractivity contribution in [2.45, 2.75) is 19.3 Å². The van der Waals surface area contributed by atoms with Crippen LogP contribution in [0.1, 0.15) is 23.5 Å². The van der Waals surface area contributed by atoms with Gasteiger partial charge >= 0.3 is 5.69 Å². The fourth-order valence-corrected chi connectivity index (χ4v) is 3.56. The molecular formula is C23H20FN5O4. The van der Waals surface area contributed by atoms with E-state index in [9.17, 15) is 23.6 Å². The molecule has 168 valence electrons. The summed E-state index contributed by atoms with van der Waals surface area (Å²) in [5, 5.41) is 9.26. The van der Waals surface area contributed by atoms with Crippen molar-refractivity contribution >= 4 is 17.5 Å². The van der Waals surface area contributed by atoms with Crippen molar-refractivity contribution < 1.29 is 14.0 Å². The van der Waals surface area contributed by atoms with Crippen molar-refractivity contribution in [3.8, 4) is 5.69 Å². The second kappa shape index (κ2) is 8.65. The standard InChI is InChI=1S/C23H20FN5O4/c1-13-3-8-16(29-23(33)28(2)21(31)12-26-29)9-19(13)27-22(32)18-11-25-20(30)10-17(18)14-4-6-15(24)7-5-14/h3-9,11-12,17H,10H2,1-2H3,(H,25,30)(H,27,32)/t17-/m0/s1. The predicted molar refractivity (Wildman–Crippen MR) is 118 cm³/mol. The van der Waals surface area contributed by atoms with Gasteiger partial charge in [-0.2, -0.15) is 9.78 Å². The average Bonchev–Trinajstić information content (AvgIpc) is 2.79. The summed E-state index contributed by atoms with van der Waals surface area (Å²) in [5.74, 6) is -1.66. The van der Waals surface area contributed by atoms with E-state index in [1.807, 2.05) is 0 Å². The minimum absolute atomic E-state index is 0.0429. The van der Waals surface area contributed by atoms with Crippen molar-refractivity contribution in [1.82, 2.24) is 19.7 Å². The number of carbonyl (C=O) groups excluding carboxylic acids is 2. The van der Waals surface area contributed by atoms with Crippen molar-refractivity contribution in [3.05, 3.63) is 98.2 Å². The smallest absolute Gasteiger partial charge is 0.332 e. The molecule has 2 aromatic carbocycles. The Morgan fingerprint density at radius 1 is 1.15 bits per heavy atom. The highest BCUT2D eigenvalue weighted by atomic mass is 19.1. The van der Waals surface area contributed by atoms with Crippen LogP contribution in [0.15, 0.2) is 70.0 Å². The highest BCUT2D eigenvalue weighted by Gasteiger charge is 2.29. The molecule has 4 rings (SSSR count).